The molecule has 0 bridgehead atoms. The quantitative estimate of drug-likeness (QED) is 0.875. The third-order valence-electron chi connectivity index (χ3n) is 2.38. The lowest BCUT2D eigenvalue weighted by molar-refractivity contribution is 0.584. The molecule has 8 heteroatoms. The third kappa shape index (κ3) is 2.91. The predicted molar refractivity (Wildman–Crippen MR) is 75.8 cm³/mol. The number of aromatic nitrogens is 2. The van der Waals surface area contributed by atoms with Gasteiger partial charge < -0.3 is 5.32 Å². The molecule has 2 N–H and O–H groups in total. The van der Waals surface area contributed by atoms with Crippen molar-refractivity contribution in [3.05, 3.63) is 24.3 Å². The van der Waals surface area contributed by atoms with E-state index >= 15 is 0 Å². The first-order valence-electron chi connectivity index (χ1n) is 5.69. The van der Waals surface area contributed by atoms with E-state index in [1.54, 1.807) is 38.2 Å². The summed E-state index contributed by atoms with van der Waals surface area (Å²) in [5, 5.41) is 12.0. The topological polar surface area (TPSA) is 84.0 Å². The molecule has 0 aliphatic rings. The molecular formula is C11H14N4O2S2. The Labute approximate surface area is 115 Å². The summed E-state index contributed by atoms with van der Waals surface area (Å²) in [5.41, 5.74) is 0.558. The van der Waals surface area contributed by atoms with E-state index in [1.807, 2.05) is 0 Å². The van der Waals surface area contributed by atoms with Gasteiger partial charge in [-0.25, -0.2) is 13.1 Å². The van der Waals surface area contributed by atoms with Gasteiger partial charge in [0.1, 0.15) is 0 Å². The van der Waals surface area contributed by atoms with E-state index in [1.165, 1.54) is 11.3 Å². The highest BCUT2D eigenvalue weighted by molar-refractivity contribution is 7.89. The molecule has 102 valence electrons. The summed E-state index contributed by atoms with van der Waals surface area (Å²) >= 11 is 1.31. The van der Waals surface area contributed by atoms with Crippen molar-refractivity contribution in [2.75, 3.05) is 18.9 Å². The SMILES string of the molecule is CCNS(=O)(=O)c1ccccc1-c1nnc(NC)s1. The number of sulfonamides is 1. The summed E-state index contributed by atoms with van der Waals surface area (Å²) < 4.78 is 26.7. The van der Waals surface area contributed by atoms with Gasteiger partial charge in [0, 0.05) is 19.2 Å². The van der Waals surface area contributed by atoms with Crippen LogP contribution in [0, 0.1) is 0 Å². The van der Waals surface area contributed by atoms with Gasteiger partial charge in [0.05, 0.1) is 4.90 Å². The van der Waals surface area contributed by atoms with Crippen LogP contribution in [0.15, 0.2) is 29.2 Å². The van der Waals surface area contributed by atoms with Crippen LogP contribution < -0.4 is 10.0 Å². The van der Waals surface area contributed by atoms with Crippen LogP contribution in [0.3, 0.4) is 0 Å². The summed E-state index contributed by atoms with van der Waals surface area (Å²) in [6.07, 6.45) is 0. The molecule has 19 heavy (non-hydrogen) atoms. The maximum atomic E-state index is 12.1. The van der Waals surface area contributed by atoms with E-state index in [4.69, 9.17) is 0 Å². The number of anilines is 1. The minimum atomic E-state index is -3.52. The van der Waals surface area contributed by atoms with E-state index in [-0.39, 0.29) is 4.90 Å². The molecule has 0 fully saturated rings. The molecule has 0 aliphatic carbocycles. The fourth-order valence-electron chi connectivity index (χ4n) is 1.58. The molecule has 0 saturated carbocycles. The minimum absolute atomic E-state index is 0.218. The Morgan fingerprint density at radius 1 is 1.26 bits per heavy atom. The Bertz CT molecular complexity index is 667. The van der Waals surface area contributed by atoms with Crippen LogP contribution in [-0.4, -0.2) is 32.2 Å². The van der Waals surface area contributed by atoms with Gasteiger partial charge in [0.25, 0.3) is 0 Å². The van der Waals surface area contributed by atoms with Crippen LogP contribution in [0.1, 0.15) is 6.92 Å². The molecule has 2 rings (SSSR count). The van der Waals surface area contributed by atoms with Crippen molar-refractivity contribution >= 4 is 26.5 Å². The van der Waals surface area contributed by atoms with Crippen LogP contribution in [0.5, 0.6) is 0 Å². The van der Waals surface area contributed by atoms with Gasteiger partial charge >= 0.3 is 0 Å². The average molecular weight is 298 g/mol. The van der Waals surface area contributed by atoms with Gasteiger partial charge in [-0.1, -0.05) is 36.5 Å². The Morgan fingerprint density at radius 3 is 2.63 bits per heavy atom. The second-order valence-electron chi connectivity index (χ2n) is 3.66. The fraction of sp³-hybridized carbons (Fsp3) is 0.273. The van der Waals surface area contributed by atoms with Crippen molar-refractivity contribution < 1.29 is 8.42 Å². The molecule has 1 heterocycles. The lowest BCUT2D eigenvalue weighted by Crippen LogP contribution is -2.23. The van der Waals surface area contributed by atoms with Crippen molar-refractivity contribution in [1.82, 2.24) is 14.9 Å². The maximum Gasteiger partial charge on any atom is 0.241 e. The average Bonchev–Trinajstić information content (AvgIpc) is 2.87. The first kappa shape index (κ1) is 13.9. The monoisotopic (exact) mass is 298 g/mol. The molecule has 1 aromatic carbocycles. The summed E-state index contributed by atoms with van der Waals surface area (Å²) in [6.45, 7) is 2.08. The second-order valence-corrected chi connectivity index (χ2v) is 6.37. The van der Waals surface area contributed by atoms with Gasteiger partial charge in [-0.2, -0.15) is 0 Å². The van der Waals surface area contributed by atoms with Crippen molar-refractivity contribution in [2.24, 2.45) is 0 Å². The first-order chi connectivity index (χ1) is 9.08. The summed E-state index contributed by atoms with van der Waals surface area (Å²) in [6, 6.07) is 6.76. The van der Waals surface area contributed by atoms with Crippen molar-refractivity contribution in [3.63, 3.8) is 0 Å². The third-order valence-corrected chi connectivity index (χ3v) is 4.96. The predicted octanol–water partition coefficient (Wildman–Crippen LogP) is 1.54. The van der Waals surface area contributed by atoms with Crippen LogP contribution in [0.4, 0.5) is 5.13 Å². The lowest BCUT2D eigenvalue weighted by Gasteiger charge is -2.08. The number of hydrogen-bond donors (Lipinski definition) is 2. The van der Waals surface area contributed by atoms with Crippen LogP contribution in [-0.2, 0) is 10.0 Å². The highest BCUT2D eigenvalue weighted by atomic mass is 32.2. The van der Waals surface area contributed by atoms with Gasteiger partial charge in [0.2, 0.25) is 15.2 Å². The first-order valence-corrected chi connectivity index (χ1v) is 7.98. The number of hydrogen-bond acceptors (Lipinski definition) is 6. The Morgan fingerprint density at radius 2 is 2.00 bits per heavy atom. The highest BCUT2D eigenvalue weighted by Gasteiger charge is 2.20. The summed E-state index contributed by atoms with van der Waals surface area (Å²) in [5.74, 6) is 0. The molecule has 2 aromatic rings. The van der Waals surface area contributed by atoms with Crippen molar-refractivity contribution in [2.45, 2.75) is 11.8 Å². The van der Waals surface area contributed by atoms with E-state index in [2.05, 4.69) is 20.2 Å². The highest BCUT2D eigenvalue weighted by Crippen LogP contribution is 2.31. The van der Waals surface area contributed by atoms with E-state index in [0.29, 0.717) is 22.2 Å². The summed E-state index contributed by atoms with van der Waals surface area (Å²) in [4.78, 5) is 0.218. The molecule has 0 atom stereocenters. The lowest BCUT2D eigenvalue weighted by atomic mass is 10.2. The Balaban J connectivity index is 2.53. The van der Waals surface area contributed by atoms with Gasteiger partial charge in [-0.3, -0.25) is 0 Å². The van der Waals surface area contributed by atoms with Crippen LogP contribution in [0.2, 0.25) is 0 Å². The summed E-state index contributed by atoms with van der Waals surface area (Å²) in [7, 11) is -1.78. The number of nitrogens with zero attached hydrogens (tertiary/aromatic N) is 2. The molecule has 0 aliphatic heterocycles. The molecule has 6 nitrogen and oxygen atoms in total. The molecule has 1 aromatic heterocycles. The van der Waals surface area contributed by atoms with Crippen molar-refractivity contribution in [3.8, 4) is 10.6 Å². The fourth-order valence-corrected chi connectivity index (χ4v) is 3.63. The number of benzene rings is 1. The molecule has 0 spiro atoms. The van der Waals surface area contributed by atoms with Gasteiger partial charge in [0.15, 0.2) is 5.01 Å². The zero-order valence-electron chi connectivity index (χ0n) is 10.5. The Hall–Kier alpha value is -1.51. The van der Waals surface area contributed by atoms with Gasteiger partial charge in [-0.15, -0.1) is 10.2 Å². The molecular weight excluding hydrogens is 284 g/mol. The largest absolute Gasteiger partial charge is 0.363 e. The molecule has 0 radical (unpaired) electrons. The molecule has 0 amide bonds. The normalized spacial score (nSPS) is 11.5. The number of nitrogens with one attached hydrogen (secondary N) is 2. The Kier molecular flexibility index (Phi) is 4.13. The zero-order valence-corrected chi connectivity index (χ0v) is 12.2. The van der Waals surface area contributed by atoms with Crippen LogP contribution in [0.25, 0.3) is 10.6 Å². The molecule has 0 unspecified atom stereocenters. The second kappa shape index (κ2) is 5.64. The zero-order chi connectivity index (χ0) is 13.9. The number of rotatable bonds is 5. The van der Waals surface area contributed by atoms with E-state index in [0.717, 1.165) is 0 Å². The van der Waals surface area contributed by atoms with Crippen LogP contribution >= 0.6 is 11.3 Å². The smallest absolute Gasteiger partial charge is 0.241 e. The van der Waals surface area contributed by atoms with Crippen molar-refractivity contribution in [1.29, 1.82) is 0 Å². The van der Waals surface area contributed by atoms with E-state index in [9.17, 15) is 8.42 Å². The minimum Gasteiger partial charge on any atom is -0.363 e. The maximum absolute atomic E-state index is 12.1. The standard InChI is InChI=1S/C11H14N4O2S2/c1-3-13-19(16,17)9-7-5-4-6-8(9)10-14-15-11(12-2)18-10/h4-7,13H,3H2,1-2H3,(H,12,15). The van der Waals surface area contributed by atoms with Gasteiger partial charge in [-0.05, 0) is 6.07 Å². The molecule has 0 saturated heterocycles. The van der Waals surface area contributed by atoms with E-state index < -0.39 is 10.0 Å².